The second-order valence-electron chi connectivity index (χ2n) is 7.51. The minimum atomic E-state index is -0.479. The van der Waals surface area contributed by atoms with Gasteiger partial charge in [-0.25, -0.2) is 4.79 Å². The molecular weight excluding hydrogens is 410 g/mol. The molecule has 2 aliphatic heterocycles. The van der Waals surface area contributed by atoms with Crippen LogP contribution < -0.4 is 15.4 Å². The van der Waals surface area contributed by atoms with Crippen LogP contribution in [0.15, 0.2) is 83.4 Å². The van der Waals surface area contributed by atoms with Crippen molar-refractivity contribution in [2.45, 2.75) is 19.2 Å². The molecule has 0 saturated heterocycles. The Balaban J connectivity index is 1.32. The molecule has 3 heterocycles. The third kappa shape index (κ3) is 4.04. The average molecular weight is 432 g/mol. The Morgan fingerprint density at radius 2 is 1.81 bits per heavy atom. The zero-order valence-electron chi connectivity index (χ0n) is 16.7. The summed E-state index contributed by atoms with van der Waals surface area (Å²) in [5, 5.41) is 7.71. The molecular formula is C24H21N3O3S. The lowest BCUT2D eigenvalue weighted by Gasteiger charge is -2.25. The Morgan fingerprint density at radius 3 is 2.55 bits per heavy atom. The fourth-order valence-corrected chi connectivity index (χ4v) is 4.61. The van der Waals surface area contributed by atoms with Gasteiger partial charge in [0, 0.05) is 4.88 Å². The molecule has 3 aromatic rings. The van der Waals surface area contributed by atoms with Gasteiger partial charge in [0.2, 0.25) is 0 Å². The topological polar surface area (TPSA) is 70.7 Å². The first-order chi connectivity index (χ1) is 15.2. The van der Waals surface area contributed by atoms with E-state index in [4.69, 9.17) is 4.74 Å². The summed E-state index contributed by atoms with van der Waals surface area (Å²) in [6.07, 6.45) is 0. The Labute approximate surface area is 184 Å². The Bertz CT molecular complexity index is 1120. The predicted molar refractivity (Wildman–Crippen MR) is 118 cm³/mol. The number of carbonyl (C=O) groups is 2. The van der Waals surface area contributed by atoms with Gasteiger partial charge in [0.25, 0.3) is 5.91 Å². The van der Waals surface area contributed by atoms with Crippen molar-refractivity contribution in [1.82, 2.24) is 15.5 Å². The summed E-state index contributed by atoms with van der Waals surface area (Å²) in [5.74, 6) is 0.685. The molecule has 0 saturated carbocycles. The van der Waals surface area contributed by atoms with Crippen molar-refractivity contribution < 1.29 is 14.3 Å². The van der Waals surface area contributed by atoms with Crippen LogP contribution in [-0.4, -0.2) is 23.4 Å². The number of benzene rings is 2. The second kappa shape index (κ2) is 8.28. The first-order valence-electron chi connectivity index (χ1n) is 10.1. The number of urea groups is 1. The van der Waals surface area contributed by atoms with Gasteiger partial charge in [-0.3, -0.25) is 4.79 Å². The normalized spacial score (nSPS) is 17.9. The molecule has 7 heteroatoms. The number of carbonyl (C=O) groups excluding carboxylic acids is 2. The van der Waals surface area contributed by atoms with E-state index in [1.807, 2.05) is 72.1 Å². The molecule has 1 aromatic heterocycles. The molecule has 0 spiro atoms. The van der Waals surface area contributed by atoms with Gasteiger partial charge >= 0.3 is 6.03 Å². The molecule has 156 valence electrons. The smallest absolute Gasteiger partial charge is 0.319 e. The summed E-state index contributed by atoms with van der Waals surface area (Å²) < 4.78 is 5.85. The van der Waals surface area contributed by atoms with Crippen LogP contribution in [0.2, 0.25) is 0 Å². The minimum absolute atomic E-state index is 0.0506. The maximum absolute atomic E-state index is 13.1. The number of rotatable bonds is 6. The van der Waals surface area contributed by atoms with E-state index in [-0.39, 0.29) is 11.9 Å². The highest BCUT2D eigenvalue weighted by Gasteiger charge is 2.40. The van der Waals surface area contributed by atoms with Gasteiger partial charge in [0.15, 0.2) is 0 Å². The zero-order valence-corrected chi connectivity index (χ0v) is 17.5. The maximum Gasteiger partial charge on any atom is 0.319 e. The lowest BCUT2D eigenvalue weighted by atomic mass is 9.96. The van der Waals surface area contributed by atoms with Crippen LogP contribution in [0.1, 0.15) is 22.0 Å². The van der Waals surface area contributed by atoms with Crippen molar-refractivity contribution in [3.8, 4) is 5.75 Å². The number of hydrogen-bond acceptors (Lipinski definition) is 4. The first kappa shape index (κ1) is 19.4. The predicted octanol–water partition coefficient (Wildman–Crippen LogP) is 3.98. The lowest BCUT2D eigenvalue weighted by molar-refractivity contribution is -0.126. The van der Waals surface area contributed by atoms with E-state index in [9.17, 15) is 9.59 Å². The molecule has 1 atom stereocenters. The summed E-state index contributed by atoms with van der Waals surface area (Å²) >= 11 is 1.62. The van der Waals surface area contributed by atoms with Gasteiger partial charge in [-0.15, -0.1) is 11.3 Å². The third-order valence-electron chi connectivity index (χ3n) is 5.41. The van der Waals surface area contributed by atoms with E-state index in [2.05, 4.69) is 10.6 Å². The van der Waals surface area contributed by atoms with Gasteiger partial charge in [0.1, 0.15) is 12.4 Å². The number of nitrogens with zero attached hydrogens (tertiary/aromatic N) is 1. The van der Waals surface area contributed by atoms with Crippen molar-refractivity contribution in [2.75, 3.05) is 6.54 Å². The number of amides is 3. The van der Waals surface area contributed by atoms with E-state index in [1.54, 1.807) is 16.2 Å². The van der Waals surface area contributed by atoms with Crippen molar-refractivity contribution in [3.63, 3.8) is 0 Å². The van der Waals surface area contributed by atoms with Crippen LogP contribution in [0, 0.1) is 0 Å². The highest BCUT2D eigenvalue weighted by Crippen LogP contribution is 2.34. The molecule has 6 nitrogen and oxygen atoms in total. The van der Waals surface area contributed by atoms with Gasteiger partial charge < -0.3 is 20.3 Å². The first-order valence-corrected chi connectivity index (χ1v) is 10.9. The van der Waals surface area contributed by atoms with E-state index in [0.29, 0.717) is 31.0 Å². The molecule has 0 radical (unpaired) electrons. The average Bonchev–Trinajstić information content (AvgIpc) is 3.41. The third-order valence-corrected chi connectivity index (χ3v) is 6.27. The largest absolute Gasteiger partial charge is 0.489 e. The van der Waals surface area contributed by atoms with Crippen LogP contribution in [0.5, 0.6) is 5.75 Å². The Morgan fingerprint density at radius 1 is 1.00 bits per heavy atom. The monoisotopic (exact) mass is 431 g/mol. The molecule has 2 N–H and O–H groups in total. The molecule has 0 bridgehead atoms. The van der Waals surface area contributed by atoms with Crippen molar-refractivity contribution in [3.05, 3.63) is 99.4 Å². The van der Waals surface area contributed by atoms with Crippen molar-refractivity contribution in [2.24, 2.45) is 0 Å². The number of thiophene rings is 1. The van der Waals surface area contributed by atoms with Crippen LogP contribution in [0.25, 0.3) is 0 Å². The minimum Gasteiger partial charge on any atom is -0.489 e. The summed E-state index contributed by atoms with van der Waals surface area (Å²) in [6.45, 7) is 1.43. The highest BCUT2D eigenvalue weighted by molar-refractivity contribution is 7.09. The summed E-state index contributed by atoms with van der Waals surface area (Å²) in [7, 11) is 0. The maximum atomic E-state index is 13.1. The van der Waals surface area contributed by atoms with Crippen LogP contribution in [0.4, 0.5) is 4.79 Å². The Kier molecular flexibility index (Phi) is 5.18. The highest BCUT2D eigenvalue weighted by atomic mass is 32.1. The van der Waals surface area contributed by atoms with Crippen LogP contribution in [-0.2, 0) is 17.9 Å². The van der Waals surface area contributed by atoms with E-state index in [1.165, 1.54) is 0 Å². The SMILES string of the molecule is O=C1NC2=C(C(=O)N(Cc3cccs3)C2)C(c2ccc(OCc3ccccc3)cc2)N1. The van der Waals surface area contributed by atoms with Crippen molar-refractivity contribution >= 4 is 23.3 Å². The summed E-state index contributed by atoms with van der Waals surface area (Å²) in [5.41, 5.74) is 3.23. The summed E-state index contributed by atoms with van der Waals surface area (Å²) in [4.78, 5) is 28.3. The molecule has 2 aromatic carbocycles. The van der Waals surface area contributed by atoms with Gasteiger partial charge in [-0.05, 0) is 34.7 Å². The standard InChI is InChI=1S/C24H21N3O3S/c28-23-21-20(14-27(23)13-19-7-4-12-31-19)25-24(29)26-22(21)17-8-10-18(11-9-17)30-15-16-5-2-1-3-6-16/h1-12,22H,13-15H2,(H2,25,26,29). The van der Waals surface area contributed by atoms with Gasteiger partial charge in [0.05, 0.1) is 30.4 Å². The van der Waals surface area contributed by atoms with Crippen LogP contribution in [0.3, 0.4) is 0 Å². The molecule has 2 aliphatic rings. The lowest BCUT2D eigenvalue weighted by Crippen LogP contribution is -2.44. The van der Waals surface area contributed by atoms with Gasteiger partial charge in [-0.1, -0.05) is 48.5 Å². The quantitative estimate of drug-likeness (QED) is 0.620. The molecule has 3 amide bonds. The number of nitrogens with one attached hydrogen (secondary N) is 2. The summed E-state index contributed by atoms with van der Waals surface area (Å²) in [6, 6.07) is 20.7. The molecule has 0 aliphatic carbocycles. The zero-order chi connectivity index (χ0) is 21.2. The van der Waals surface area contributed by atoms with Crippen LogP contribution >= 0.6 is 11.3 Å². The molecule has 5 rings (SSSR count). The fraction of sp³-hybridized carbons (Fsp3) is 0.167. The second-order valence-corrected chi connectivity index (χ2v) is 8.54. The van der Waals surface area contributed by atoms with Crippen molar-refractivity contribution in [1.29, 1.82) is 0 Å². The molecule has 1 unspecified atom stereocenters. The fourth-order valence-electron chi connectivity index (χ4n) is 3.89. The molecule has 0 fully saturated rings. The van der Waals surface area contributed by atoms with E-state index in [0.717, 1.165) is 21.8 Å². The van der Waals surface area contributed by atoms with Gasteiger partial charge in [-0.2, -0.15) is 0 Å². The van der Waals surface area contributed by atoms with E-state index >= 15 is 0 Å². The van der Waals surface area contributed by atoms with E-state index < -0.39 is 6.04 Å². The number of hydrogen-bond donors (Lipinski definition) is 2. The number of ether oxygens (including phenoxy) is 1. The Hall–Kier alpha value is -3.58. The molecule has 31 heavy (non-hydrogen) atoms.